The lowest BCUT2D eigenvalue weighted by Crippen LogP contribution is -2.09. The number of hydrogen-bond donors (Lipinski definition) is 0. The Balaban J connectivity index is 1.22. The third kappa shape index (κ3) is 4.10. The van der Waals surface area contributed by atoms with E-state index in [0.717, 1.165) is 44.4 Å². The third-order valence-electron chi connectivity index (χ3n) is 9.41. The minimum atomic E-state index is 0.884. The molecule has 2 aromatic heterocycles. The summed E-state index contributed by atoms with van der Waals surface area (Å²) in [6.07, 6.45) is 0. The molecule has 0 fully saturated rings. The number of furan rings is 1. The highest BCUT2D eigenvalue weighted by Crippen LogP contribution is 2.47. The Kier molecular flexibility index (Phi) is 5.78. The fraction of sp³-hybridized carbons (Fsp3) is 0. The summed E-state index contributed by atoms with van der Waals surface area (Å²) >= 11 is 1.88. The molecule has 0 aliphatic heterocycles. The maximum Gasteiger partial charge on any atom is 0.143 e. The van der Waals surface area contributed by atoms with E-state index in [1.54, 1.807) is 0 Å². The van der Waals surface area contributed by atoms with Crippen LogP contribution in [0.2, 0.25) is 0 Å². The molecule has 220 valence electrons. The van der Waals surface area contributed by atoms with Gasteiger partial charge in [0.2, 0.25) is 0 Å². The zero-order valence-corrected chi connectivity index (χ0v) is 26.2. The second-order valence-corrected chi connectivity index (χ2v) is 13.2. The van der Waals surface area contributed by atoms with E-state index in [0.29, 0.717) is 0 Å². The number of para-hydroxylation sites is 1. The van der Waals surface area contributed by atoms with Crippen LogP contribution in [0.25, 0.3) is 74.8 Å². The van der Waals surface area contributed by atoms with Crippen LogP contribution in [-0.2, 0) is 0 Å². The summed E-state index contributed by atoms with van der Waals surface area (Å²) in [5.41, 5.74) is 7.58. The Hall–Kier alpha value is -5.90. The highest BCUT2D eigenvalue weighted by molar-refractivity contribution is 7.26. The minimum absolute atomic E-state index is 0.884. The van der Waals surface area contributed by atoms with Crippen LogP contribution in [0.5, 0.6) is 0 Å². The van der Waals surface area contributed by atoms with Gasteiger partial charge >= 0.3 is 0 Å². The Morgan fingerprint density at radius 3 is 1.98 bits per heavy atom. The molecule has 0 saturated heterocycles. The Morgan fingerprint density at radius 1 is 0.447 bits per heavy atom. The molecule has 8 aromatic carbocycles. The zero-order chi connectivity index (χ0) is 30.9. The van der Waals surface area contributed by atoms with E-state index in [9.17, 15) is 0 Å². The number of thiophene rings is 1. The van der Waals surface area contributed by atoms with Gasteiger partial charge in [0.05, 0.1) is 0 Å². The summed E-state index contributed by atoms with van der Waals surface area (Å²) in [5, 5.41) is 9.73. The Labute approximate surface area is 275 Å². The third-order valence-corrected chi connectivity index (χ3v) is 10.6. The van der Waals surface area contributed by atoms with Crippen molar-refractivity contribution in [3.8, 4) is 11.1 Å². The predicted molar refractivity (Wildman–Crippen MR) is 202 cm³/mol. The number of anilines is 3. The smallest absolute Gasteiger partial charge is 0.143 e. The number of rotatable bonds is 4. The normalized spacial score (nSPS) is 11.8. The lowest BCUT2D eigenvalue weighted by Gasteiger charge is -2.25. The first kappa shape index (κ1) is 26.3. The molecule has 2 heterocycles. The van der Waals surface area contributed by atoms with Gasteiger partial charge in [-0.05, 0) is 81.9 Å². The van der Waals surface area contributed by atoms with Gasteiger partial charge < -0.3 is 9.32 Å². The average molecular weight is 618 g/mol. The lowest BCUT2D eigenvalue weighted by atomic mass is 9.95. The molecule has 0 aliphatic rings. The van der Waals surface area contributed by atoms with Gasteiger partial charge in [-0.2, -0.15) is 0 Å². The second-order valence-electron chi connectivity index (χ2n) is 12.1. The Morgan fingerprint density at radius 2 is 1.13 bits per heavy atom. The maximum atomic E-state index is 6.62. The van der Waals surface area contributed by atoms with Crippen molar-refractivity contribution in [2.45, 2.75) is 0 Å². The first-order valence-electron chi connectivity index (χ1n) is 15.9. The molecule has 0 atom stereocenters. The van der Waals surface area contributed by atoms with Crippen LogP contribution in [-0.4, -0.2) is 0 Å². The van der Waals surface area contributed by atoms with E-state index in [-0.39, 0.29) is 0 Å². The van der Waals surface area contributed by atoms with Crippen LogP contribution in [0.1, 0.15) is 0 Å². The fourth-order valence-corrected chi connectivity index (χ4v) is 8.49. The fourth-order valence-electron chi connectivity index (χ4n) is 7.24. The van der Waals surface area contributed by atoms with Gasteiger partial charge in [-0.25, -0.2) is 0 Å². The van der Waals surface area contributed by atoms with Gasteiger partial charge in [0.1, 0.15) is 11.2 Å². The van der Waals surface area contributed by atoms with Crippen molar-refractivity contribution in [1.29, 1.82) is 0 Å². The molecule has 47 heavy (non-hydrogen) atoms. The quantitative estimate of drug-likeness (QED) is 0.195. The van der Waals surface area contributed by atoms with Crippen molar-refractivity contribution >= 4 is 92.1 Å². The molecule has 0 saturated carbocycles. The van der Waals surface area contributed by atoms with Gasteiger partial charge in [0, 0.05) is 59.5 Å². The van der Waals surface area contributed by atoms with Gasteiger partial charge in [-0.15, -0.1) is 11.3 Å². The molecular formula is C44H27NOS. The summed E-state index contributed by atoms with van der Waals surface area (Å²) in [7, 11) is 0. The largest absolute Gasteiger partial charge is 0.455 e. The van der Waals surface area contributed by atoms with Crippen molar-refractivity contribution < 1.29 is 4.42 Å². The zero-order valence-electron chi connectivity index (χ0n) is 25.4. The molecular weight excluding hydrogens is 591 g/mol. The first-order valence-corrected chi connectivity index (χ1v) is 16.7. The van der Waals surface area contributed by atoms with E-state index in [2.05, 4.69) is 169 Å². The van der Waals surface area contributed by atoms with E-state index in [4.69, 9.17) is 4.42 Å². The molecule has 0 aliphatic carbocycles. The summed E-state index contributed by atoms with van der Waals surface area (Å²) in [5.74, 6) is 0. The van der Waals surface area contributed by atoms with E-state index >= 15 is 0 Å². The highest BCUT2D eigenvalue weighted by Gasteiger charge is 2.19. The standard InChI is InChI=1S/C44H27NOS/c1-3-11-28(12-4-1)38-25-30-14-8-10-18-35(30)44-42(38)39-26-32(21-24-41(39)47-44)45(31-15-5-2-6-16-31)33-20-23-36-37-22-19-29-13-7-9-17-34(29)43(37)46-40(36)27-33/h1-27H. The highest BCUT2D eigenvalue weighted by atomic mass is 32.1. The minimum Gasteiger partial charge on any atom is -0.455 e. The SMILES string of the molecule is c1ccc(-c2cc3ccccc3c3sc4ccc(N(c5ccccc5)c5ccc6c(c5)oc5c7ccccc7ccc65)cc4c23)cc1. The van der Waals surface area contributed by atoms with E-state index in [1.165, 1.54) is 47.5 Å². The molecule has 0 spiro atoms. The van der Waals surface area contributed by atoms with Crippen LogP contribution < -0.4 is 4.90 Å². The molecule has 10 aromatic rings. The molecule has 0 radical (unpaired) electrons. The number of hydrogen-bond acceptors (Lipinski definition) is 3. The van der Waals surface area contributed by atoms with Crippen molar-refractivity contribution in [3.63, 3.8) is 0 Å². The molecule has 0 bridgehead atoms. The maximum absolute atomic E-state index is 6.62. The van der Waals surface area contributed by atoms with Crippen LogP contribution in [0.3, 0.4) is 0 Å². The molecule has 0 unspecified atom stereocenters. The Bertz CT molecular complexity index is 2790. The average Bonchev–Trinajstić information content (AvgIpc) is 3.71. The van der Waals surface area contributed by atoms with Gasteiger partial charge in [0.25, 0.3) is 0 Å². The number of benzene rings is 8. The van der Waals surface area contributed by atoms with Crippen molar-refractivity contribution in [2.75, 3.05) is 4.90 Å². The van der Waals surface area contributed by atoms with Crippen molar-refractivity contribution in [2.24, 2.45) is 0 Å². The topological polar surface area (TPSA) is 16.4 Å². The number of nitrogens with zero attached hydrogens (tertiary/aromatic N) is 1. The van der Waals surface area contributed by atoms with E-state index in [1.807, 2.05) is 11.3 Å². The monoisotopic (exact) mass is 617 g/mol. The van der Waals surface area contributed by atoms with Crippen LogP contribution in [0.15, 0.2) is 168 Å². The summed E-state index contributed by atoms with van der Waals surface area (Å²) in [4.78, 5) is 2.34. The molecule has 3 heteroatoms. The summed E-state index contributed by atoms with van der Waals surface area (Å²) in [6.45, 7) is 0. The summed E-state index contributed by atoms with van der Waals surface area (Å²) in [6, 6.07) is 58.9. The van der Waals surface area contributed by atoms with Crippen molar-refractivity contribution in [1.82, 2.24) is 0 Å². The van der Waals surface area contributed by atoms with Crippen LogP contribution in [0, 0.1) is 0 Å². The van der Waals surface area contributed by atoms with Crippen molar-refractivity contribution in [3.05, 3.63) is 164 Å². The predicted octanol–water partition coefficient (Wildman–Crippen LogP) is 13.4. The number of fused-ring (bicyclic) bond motifs is 10. The van der Waals surface area contributed by atoms with Gasteiger partial charge in [-0.3, -0.25) is 0 Å². The van der Waals surface area contributed by atoms with E-state index < -0.39 is 0 Å². The van der Waals surface area contributed by atoms with Crippen LogP contribution >= 0.6 is 11.3 Å². The van der Waals surface area contributed by atoms with Gasteiger partial charge in [-0.1, -0.05) is 103 Å². The summed E-state index contributed by atoms with van der Waals surface area (Å²) < 4.78 is 9.24. The first-order chi connectivity index (χ1) is 23.3. The lowest BCUT2D eigenvalue weighted by molar-refractivity contribution is 0.672. The molecule has 0 amide bonds. The molecule has 2 nitrogen and oxygen atoms in total. The molecule has 10 rings (SSSR count). The second kappa shape index (κ2) is 10.3. The molecule has 0 N–H and O–H groups in total. The van der Waals surface area contributed by atoms with Crippen LogP contribution in [0.4, 0.5) is 17.1 Å². The van der Waals surface area contributed by atoms with Gasteiger partial charge in [0.15, 0.2) is 0 Å².